The lowest BCUT2D eigenvalue weighted by molar-refractivity contribution is -0.129. The molecule has 0 saturated heterocycles. The van der Waals surface area contributed by atoms with Gasteiger partial charge in [0.15, 0.2) is 0 Å². The summed E-state index contributed by atoms with van der Waals surface area (Å²) in [6.45, 7) is 0.0703. The van der Waals surface area contributed by atoms with Crippen molar-refractivity contribution in [2.24, 2.45) is 0 Å². The Hall–Kier alpha value is -1.40. The summed E-state index contributed by atoms with van der Waals surface area (Å²) in [6, 6.07) is 6.98. The molecule has 1 aromatic rings. The SMILES string of the molecule is CN(CCO)C(=O)CNC(=O)c1ccccc1Br. The largest absolute Gasteiger partial charge is 0.395 e. The summed E-state index contributed by atoms with van der Waals surface area (Å²) in [6.07, 6.45) is 0. The van der Waals surface area contributed by atoms with Crippen LogP contribution in [0.2, 0.25) is 0 Å². The molecule has 0 heterocycles. The van der Waals surface area contributed by atoms with Crippen molar-refractivity contribution in [3.05, 3.63) is 34.3 Å². The quantitative estimate of drug-likeness (QED) is 0.837. The van der Waals surface area contributed by atoms with Crippen molar-refractivity contribution in [1.29, 1.82) is 0 Å². The van der Waals surface area contributed by atoms with Gasteiger partial charge in [-0.2, -0.15) is 0 Å². The highest BCUT2D eigenvalue weighted by Crippen LogP contribution is 2.15. The van der Waals surface area contributed by atoms with E-state index in [1.165, 1.54) is 4.90 Å². The van der Waals surface area contributed by atoms with Gasteiger partial charge in [-0.1, -0.05) is 12.1 Å². The normalized spacial score (nSPS) is 9.94. The van der Waals surface area contributed by atoms with E-state index in [4.69, 9.17) is 5.11 Å². The molecule has 1 rings (SSSR count). The van der Waals surface area contributed by atoms with Crippen molar-refractivity contribution in [2.45, 2.75) is 0 Å². The molecule has 0 aromatic heterocycles. The van der Waals surface area contributed by atoms with Crippen LogP contribution >= 0.6 is 15.9 Å². The number of nitrogens with one attached hydrogen (secondary N) is 1. The zero-order valence-corrected chi connectivity index (χ0v) is 11.6. The third kappa shape index (κ3) is 4.12. The topological polar surface area (TPSA) is 69.6 Å². The second-order valence-corrected chi connectivity index (χ2v) is 4.56. The number of carbonyl (C=O) groups is 2. The van der Waals surface area contributed by atoms with Crippen LogP contribution < -0.4 is 5.32 Å². The Bertz CT molecular complexity index is 437. The summed E-state index contributed by atoms with van der Waals surface area (Å²) in [5.74, 6) is -0.558. The molecule has 0 fully saturated rings. The van der Waals surface area contributed by atoms with E-state index in [2.05, 4.69) is 21.2 Å². The number of benzene rings is 1. The molecule has 0 aliphatic rings. The van der Waals surface area contributed by atoms with E-state index >= 15 is 0 Å². The van der Waals surface area contributed by atoms with E-state index in [0.717, 1.165) is 0 Å². The molecule has 0 unspecified atom stereocenters. The van der Waals surface area contributed by atoms with Gasteiger partial charge in [-0.05, 0) is 28.1 Å². The highest BCUT2D eigenvalue weighted by molar-refractivity contribution is 9.10. The first-order valence-electron chi connectivity index (χ1n) is 5.43. The molecule has 0 saturated carbocycles. The van der Waals surface area contributed by atoms with E-state index in [-0.39, 0.29) is 31.5 Å². The van der Waals surface area contributed by atoms with Gasteiger partial charge in [0.1, 0.15) is 0 Å². The fourth-order valence-corrected chi connectivity index (χ4v) is 1.77. The molecule has 6 heteroatoms. The predicted octanol–water partition coefficient (Wildman–Crippen LogP) is 0.630. The summed E-state index contributed by atoms with van der Waals surface area (Å²) in [4.78, 5) is 24.7. The number of hydrogen-bond acceptors (Lipinski definition) is 3. The molecule has 2 N–H and O–H groups in total. The van der Waals surface area contributed by atoms with Gasteiger partial charge < -0.3 is 15.3 Å². The maximum Gasteiger partial charge on any atom is 0.252 e. The third-order valence-electron chi connectivity index (χ3n) is 2.38. The van der Waals surface area contributed by atoms with Crippen LogP contribution in [0, 0.1) is 0 Å². The van der Waals surface area contributed by atoms with E-state index in [1.54, 1.807) is 31.3 Å². The summed E-state index contributed by atoms with van der Waals surface area (Å²) in [5, 5.41) is 11.2. The molecular formula is C12H15BrN2O3. The van der Waals surface area contributed by atoms with Crippen molar-refractivity contribution in [3.8, 4) is 0 Å². The molecule has 0 atom stereocenters. The Kier molecular flexibility index (Phi) is 5.80. The summed E-state index contributed by atoms with van der Waals surface area (Å²) < 4.78 is 0.679. The summed E-state index contributed by atoms with van der Waals surface area (Å²) in [5.41, 5.74) is 0.482. The molecule has 2 amide bonds. The third-order valence-corrected chi connectivity index (χ3v) is 3.07. The van der Waals surface area contributed by atoms with Crippen molar-refractivity contribution in [1.82, 2.24) is 10.2 Å². The van der Waals surface area contributed by atoms with Gasteiger partial charge in [0.2, 0.25) is 5.91 Å². The van der Waals surface area contributed by atoms with Crippen molar-refractivity contribution in [3.63, 3.8) is 0 Å². The first-order valence-corrected chi connectivity index (χ1v) is 6.23. The van der Waals surface area contributed by atoms with Gasteiger partial charge in [-0.3, -0.25) is 9.59 Å². The number of aliphatic hydroxyl groups excluding tert-OH is 1. The van der Waals surface area contributed by atoms with Crippen LogP contribution in [0.15, 0.2) is 28.7 Å². The minimum absolute atomic E-state index is 0.0866. The highest BCUT2D eigenvalue weighted by Gasteiger charge is 2.12. The van der Waals surface area contributed by atoms with Crippen molar-refractivity contribution in [2.75, 3.05) is 26.7 Å². The van der Waals surface area contributed by atoms with Gasteiger partial charge in [0.25, 0.3) is 5.91 Å². The Morgan fingerprint density at radius 2 is 2.06 bits per heavy atom. The van der Waals surface area contributed by atoms with Gasteiger partial charge in [-0.15, -0.1) is 0 Å². The van der Waals surface area contributed by atoms with Gasteiger partial charge >= 0.3 is 0 Å². The van der Waals surface area contributed by atoms with Crippen molar-refractivity contribution >= 4 is 27.7 Å². The number of carbonyl (C=O) groups excluding carboxylic acids is 2. The maximum absolute atomic E-state index is 11.8. The average molecular weight is 315 g/mol. The molecule has 0 bridgehead atoms. The van der Waals surface area contributed by atoms with Crippen LogP contribution in [0.1, 0.15) is 10.4 Å². The Morgan fingerprint density at radius 3 is 2.67 bits per heavy atom. The zero-order chi connectivity index (χ0) is 13.5. The monoisotopic (exact) mass is 314 g/mol. The minimum atomic E-state index is -0.312. The van der Waals surface area contributed by atoms with E-state index in [0.29, 0.717) is 10.0 Å². The zero-order valence-electron chi connectivity index (χ0n) is 10.0. The Morgan fingerprint density at radius 1 is 1.39 bits per heavy atom. The molecule has 1 aromatic carbocycles. The predicted molar refractivity (Wildman–Crippen MR) is 71.2 cm³/mol. The van der Waals surface area contributed by atoms with Crippen LogP contribution in [-0.2, 0) is 4.79 Å². The molecule has 98 valence electrons. The van der Waals surface area contributed by atoms with Crippen molar-refractivity contribution < 1.29 is 14.7 Å². The summed E-state index contributed by atoms with van der Waals surface area (Å²) >= 11 is 3.27. The van der Waals surface area contributed by atoms with Gasteiger partial charge in [0.05, 0.1) is 18.7 Å². The van der Waals surface area contributed by atoms with Gasteiger partial charge in [-0.25, -0.2) is 0 Å². The number of halogens is 1. The van der Waals surface area contributed by atoms with E-state index < -0.39 is 0 Å². The molecular weight excluding hydrogens is 300 g/mol. The van der Waals surface area contributed by atoms with Crippen LogP contribution in [-0.4, -0.2) is 48.6 Å². The van der Waals surface area contributed by atoms with E-state index in [1.807, 2.05) is 0 Å². The molecule has 18 heavy (non-hydrogen) atoms. The molecule has 0 aliphatic carbocycles. The number of rotatable bonds is 5. The fraction of sp³-hybridized carbons (Fsp3) is 0.333. The first kappa shape index (κ1) is 14.7. The average Bonchev–Trinajstić information content (AvgIpc) is 2.36. The number of aliphatic hydroxyl groups is 1. The van der Waals surface area contributed by atoms with Crippen LogP contribution in [0.4, 0.5) is 0 Å². The Balaban J connectivity index is 2.52. The lowest BCUT2D eigenvalue weighted by Gasteiger charge is -2.16. The molecule has 0 radical (unpaired) electrons. The molecule has 5 nitrogen and oxygen atoms in total. The lowest BCUT2D eigenvalue weighted by atomic mass is 10.2. The summed E-state index contributed by atoms with van der Waals surface area (Å²) in [7, 11) is 1.57. The Labute approximate surface area is 114 Å². The highest BCUT2D eigenvalue weighted by atomic mass is 79.9. The van der Waals surface area contributed by atoms with Crippen LogP contribution in [0.5, 0.6) is 0 Å². The lowest BCUT2D eigenvalue weighted by Crippen LogP contribution is -2.39. The number of amides is 2. The van der Waals surface area contributed by atoms with E-state index in [9.17, 15) is 9.59 Å². The molecule has 0 aliphatic heterocycles. The fourth-order valence-electron chi connectivity index (χ4n) is 1.31. The maximum atomic E-state index is 11.8. The minimum Gasteiger partial charge on any atom is -0.395 e. The standard InChI is InChI=1S/C12H15BrN2O3/c1-15(6-7-16)11(17)8-14-12(18)9-4-2-3-5-10(9)13/h2-5,16H,6-8H2,1H3,(H,14,18). The smallest absolute Gasteiger partial charge is 0.252 e. The number of nitrogens with zero attached hydrogens (tertiary/aromatic N) is 1. The number of likely N-dealkylation sites (N-methyl/N-ethyl adjacent to an activating group) is 1. The van der Waals surface area contributed by atoms with Gasteiger partial charge in [0, 0.05) is 18.1 Å². The second kappa shape index (κ2) is 7.13. The van der Waals surface area contributed by atoms with Crippen LogP contribution in [0.25, 0.3) is 0 Å². The number of hydrogen-bond donors (Lipinski definition) is 2. The second-order valence-electron chi connectivity index (χ2n) is 3.70. The molecule has 0 spiro atoms. The first-order chi connectivity index (χ1) is 8.56. The van der Waals surface area contributed by atoms with Crippen LogP contribution in [0.3, 0.4) is 0 Å².